The number of carboxylic acid groups (broad SMARTS) is 1. The monoisotopic (exact) mass is 516 g/mol. The summed E-state index contributed by atoms with van der Waals surface area (Å²) in [4.78, 5) is 30.2. The van der Waals surface area contributed by atoms with Crippen molar-refractivity contribution in [2.45, 2.75) is 20.0 Å². The number of aliphatic carboxylic acids is 1. The number of hydrogen-bond donors (Lipinski definition) is 3. The van der Waals surface area contributed by atoms with Gasteiger partial charge >= 0.3 is 0 Å². The van der Waals surface area contributed by atoms with Gasteiger partial charge in [-0.05, 0) is 28.8 Å². The lowest BCUT2D eigenvalue weighted by atomic mass is 10.0. The van der Waals surface area contributed by atoms with Crippen molar-refractivity contribution in [3.05, 3.63) is 125 Å². The summed E-state index contributed by atoms with van der Waals surface area (Å²) in [6.45, 7) is 2.26. The number of aromatic nitrogens is 3. The summed E-state index contributed by atoms with van der Waals surface area (Å²) in [5.74, 6) is -0.833. The maximum absolute atomic E-state index is 13.2. The van der Waals surface area contributed by atoms with Crippen LogP contribution >= 0.6 is 0 Å². The van der Waals surface area contributed by atoms with Crippen molar-refractivity contribution >= 4 is 27.9 Å². The SMILES string of the molecule is CC(=O)O.NCc1cccc(Cn2cc(-c3nc4c(-c5ccccc5)cccc4[nH]c3=O)c3ccccc32)c1. The first-order valence-electron chi connectivity index (χ1n) is 12.6. The Balaban J connectivity index is 0.000000723. The van der Waals surface area contributed by atoms with Gasteiger partial charge in [-0.25, -0.2) is 4.98 Å². The molecule has 0 bridgehead atoms. The van der Waals surface area contributed by atoms with Crippen molar-refractivity contribution in [2.75, 3.05) is 0 Å². The summed E-state index contributed by atoms with van der Waals surface area (Å²) in [6.07, 6.45) is 2.04. The normalized spacial score (nSPS) is 10.8. The molecule has 0 aliphatic heterocycles. The van der Waals surface area contributed by atoms with Crippen molar-refractivity contribution in [2.24, 2.45) is 5.73 Å². The van der Waals surface area contributed by atoms with Gasteiger partial charge in [-0.1, -0.05) is 84.9 Å². The number of H-pyrrole nitrogens is 1. The van der Waals surface area contributed by atoms with E-state index in [-0.39, 0.29) is 5.56 Å². The Morgan fingerprint density at radius 1 is 0.897 bits per heavy atom. The maximum Gasteiger partial charge on any atom is 0.300 e. The fourth-order valence-corrected chi connectivity index (χ4v) is 4.76. The van der Waals surface area contributed by atoms with Crippen LogP contribution < -0.4 is 11.3 Å². The summed E-state index contributed by atoms with van der Waals surface area (Å²) in [7, 11) is 0. The second-order valence-electron chi connectivity index (χ2n) is 9.21. The number of nitrogens with zero attached hydrogens (tertiary/aromatic N) is 2. The van der Waals surface area contributed by atoms with Gasteiger partial charge in [-0.15, -0.1) is 0 Å². The molecule has 2 aromatic heterocycles. The molecule has 0 fully saturated rings. The van der Waals surface area contributed by atoms with Crippen LogP contribution in [0.15, 0.2) is 108 Å². The van der Waals surface area contributed by atoms with E-state index in [1.807, 2.05) is 72.9 Å². The number of benzene rings is 4. The first-order chi connectivity index (χ1) is 18.9. The second kappa shape index (κ2) is 11.2. The van der Waals surface area contributed by atoms with Gasteiger partial charge in [0.2, 0.25) is 0 Å². The van der Waals surface area contributed by atoms with Crippen LogP contribution in [0.1, 0.15) is 18.1 Å². The molecular weight excluding hydrogens is 488 g/mol. The highest BCUT2D eigenvalue weighted by Crippen LogP contribution is 2.31. The van der Waals surface area contributed by atoms with Crippen LogP contribution in [-0.4, -0.2) is 25.6 Å². The molecule has 39 heavy (non-hydrogen) atoms. The molecule has 194 valence electrons. The fraction of sp³-hybridized carbons (Fsp3) is 0.0938. The van der Waals surface area contributed by atoms with Gasteiger partial charge in [0.05, 0.1) is 11.0 Å². The van der Waals surface area contributed by atoms with Crippen molar-refractivity contribution in [3.63, 3.8) is 0 Å². The lowest BCUT2D eigenvalue weighted by Gasteiger charge is -2.08. The molecular formula is C32H28N4O3. The Labute approximate surface area is 225 Å². The van der Waals surface area contributed by atoms with Crippen LogP contribution in [0.2, 0.25) is 0 Å². The molecule has 0 aliphatic carbocycles. The highest BCUT2D eigenvalue weighted by Gasteiger charge is 2.17. The molecule has 0 radical (unpaired) electrons. The molecule has 0 spiro atoms. The van der Waals surface area contributed by atoms with Gasteiger partial charge in [-0.2, -0.15) is 0 Å². The topological polar surface area (TPSA) is 114 Å². The van der Waals surface area contributed by atoms with E-state index in [2.05, 4.69) is 39.9 Å². The van der Waals surface area contributed by atoms with Crippen molar-refractivity contribution < 1.29 is 9.90 Å². The van der Waals surface area contributed by atoms with Crippen molar-refractivity contribution in [3.8, 4) is 22.4 Å². The van der Waals surface area contributed by atoms with Gasteiger partial charge in [-0.3, -0.25) is 9.59 Å². The van der Waals surface area contributed by atoms with E-state index in [0.29, 0.717) is 18.8 Å². The van der Waals surface area contributed by atoms with Gasteiger partial charge in [0.15, 0.2) is 0 Å². The lowest BCUT2D eigenvalue weighted by Crippen LogP contribution is -2.11. The Hall–Kier alpha value is -5.01. The molecule has 0 saturated heterocycles. The maximum atomic E-state index is 13.2. The zero-order valence-electron chi connectivity index (χ0n) is 21.5. The summed E-state index contributed by atoms with van der Waals surface area (Å²) in [5, 5.41) is 8.41. The number of para-hydroxylation sites is 2. The van der Waals surface area contributed by atoms with E-state index in [9.17, 15) is 4.79 Å². The predicted octanol–water partition coefficient (Wildman–Crippen LogP) is 5.81. The molecule has 0 amide bonds. The quantitative estimate of drug-likeness (QED) is 0.268. The number of carbonyl (C=O) groups is 1. The third-order valence-electron chi connectivity index (χ3n) is 6.43. The highest BCUT2D eigenvalue weighted by atomic mass is 16.4. The highest BCUT2D eigenvalue weighted by molar-refractivity contribution is 5.97. The first-order valence-corrected chi connectivity index (χ1v) is 12.6. The molecule has 0 unspecified atom stereocenters. The van der Waals surface area contributed by atoms with E-state index in [4.69, 9.17) is 20.6 Å². The van der Waals surface area contributed by atoms with Gasteiger partial charge in [0.25, 0.3) is 11.5 Å². The minimum Gasteiger partial charge on any atom is -0.481 e. The average Bonchev–Trinajstić information content (AvgIpc) is 3.30. The Morgan fingerprint density at radius 3 is 2.36 bits per heavy atom. The standard InChI is InChI=1S/C30H24N4O.C2H4O2/c31-17-20-8-6-9-21(16-20)18-34-19-25(24-12-4-5-15-27(24)34)29-30(35)32-26-14-7-13-23(28(26)33-29)22-10-2-1-3-11-22;1-2(3)4/h1-16,19H,17-18,31H2,(H,32,35);1H3,(H,3,4). The van der Waals surface area contributed by atoms with E-state index in [0.717, 1.165) is 56.7 Å². The van der Waals surface area contributed by atoms with E-state index < -0.39 is 5.97 Å². The summed E-state index contributed by atoms with van der Waals surface area (Å²) in [6, 6.07) is 32.4. The van der Waals surface area contributed by atoms with Gasteiger partial charge < -0.3 is 20.4 Å². The Bertz CT molecular complexity index is 1830. The van der Waals surface area contributed by atoms with E-state index in [1.54, 1.807) is 0 Å². The number of aromatic amines is 1. The van der Waals surface area contributed by atoms with E-state index >= 15 is 0 Å². The van der Waals surface area contributed by atoms with Crippen molar-refractivity contribution in [1.82, 2.24) is 14.5 Å². The predicted molar refractivity (Wildman–Crippen MR) is 155 cm³/mol. The number of hydrogen-bond acceptors (Lipinski definition) is 4. The first kappa shape index (κ1) is 25.6. The number of nitrogens with two attached hydrogens (primary N) is 1. The Morgan fingerprint density at radius 2 is 1.59 bits per heavy atom. The minimum atomic E-state index is -0.833. The Kier molecular flexibility index (Phi) is 7.34. The molecule has 6 rings (SSSR count). The molecule has 7 nitrogen and oxygen atoms in total. The van der Waals surface area contributed by atoms with Crippen LogP contribution in [0.4, 0.5) is 0 Å². The zero-order valence-corrected chi connectivity index (χ0v) is 21.5. The second-order valence-corrected chi connectivity index (χ2v) is 9.21. The summed E-state index contributed by atoms with van der Waals surface area (Å²) in [5.41, 5.74) is 13.8. The van der Waals surface area contributed by atoms with Crippen LogP contribution in [0, 0.1) is 0 Å². The molecule has 4 N–H and O–H groups in total. The minimum absolute atomic E-state index is 0.198. The number of fused-ring (bicyclic) bond motifs is 2. The van der Waals surface area contributed by atoms with E-state index in [1.165, 1.54) is 0 Å². The van der Waals surface area contributed by atoms with Gasteiger partial charge in [0, 0.05) is 48.2 Å². The molecule has 0 saturated carbocycles. The van der Waals surface area contributed by atoms with Crippen LogP contribution in [0.25, 0.3) is 44.3 Å². The number of nitrogens with one attached hydrogen (secondary N) is 1. The molecule has 4 aromatic carbocycles. The molecule has 7 heteroatoms. The number of carboxylic acids is 1. The molecule has 2 heterocycles. The van der Waals surface area contributed by atoms with Crippen LogP contribution in [0.5, 0.6) is 0 Å². The molecule has 0 atom stereocenters. The smallest absolute Gasteiger partial charge is 0.300 e. The number of rotatable bonds is 5. The fourth-order valence-electron chi connectivity index (χ4n) is 4.76. The zero-order chi connectivity index (χ0) is 27.4. The third-order valence-corrected chi connectivity index (χ3v) is 6.43. The summed E-state index contributed by atoms with van der Waals surface area (Å²) >= 11 is 0. The lowest BCUT2D eigenvalue weighted by molar-refractivity contribution is -0.134. The largest absolute Gasteiger partial charge is 0.481 e. The molecule has 0 aliphatic rings. The summed E-state index contributed by atoms with van der Waals surface area (Å²) < 4.78 is 2.18. The van der Waals surface area contributed by atoms with Crippen molar-refractivity contribution in [1.29, 1.82) is 0 Å². The average molecular weight is 517 g/mol. The third kappa shape index (κ3) is 5.49. The van der Waals surface area contributed by atoms with Crippen LogP contribution in [0.3, 0.4) is 0 Å². The molecule has 6 aromatic rings. The van der Waals surface area contributed by atoms with Gasteiger partial charge in [0.1, 0.15) is 5.69 Å². The van der Waals surface area contributed by atoms with Crippen LogP contribution in [-0.2, 0) is 17.9 Å².